The Kier molecular flexibility index (Phi) is 4.73. The molecule has 2 rings (SSSR count). The number of hydrogen-bond acceptors (Lipinski definition) is 1. The van der Waals surface area contributed by atoms with E-state index < -0.39 is 9.04 Å². The Bertz CT molecular complexity index is 464. The summed E-state index contributed by atoms with van der Waals surface area (Å²) in [4.78, 5) is 0. The van der Waals surface area contributed by atoms with E-state index in [2.05, 4.69) is 68.4 Å². The zero-order valence-electron chi connectivity index (χ0n) is 11.1. The summed E-state index contributed by atoms with van der Waals surface area (Å²) < 4.78 is 6.14. The summed E-state index contributed by atoms with van der Waals surface area (Å²) in [5, 5.41) is 2.72. The highest BCUT2D eigenvalue weighted by atomic mass is 28.3. The first-order chi connectivity index (χ1) is 8.81. The van der Waals surface area contributed by atoms with Crippen LogP contribution in [0.25, 0.3) is 0 Å². The molecule has 0 aliphatic carbocycles. The lowest BCUT2D eigenvalue weighted by atomic mass is 10.2. The van der Waals surface area contributed by atoms with Crippen molar-refractivity contribution in [3.63, 3.8) is 0 Å². The number of hydrogen-bond donors (Lipinski definition) is 0. The highest BCUT2D eigenvalue weighted by molar-refractivity contribution is 6.80. The van der Waals surface area contributed by atoms with E-state index in [4.69, 9.17) is 4.43 Å². The summed E-state index contributed by atoms with van der Waals surface area (Å²) in [6.45, 7) is 5.13. The molecule has 1 atom stereocenters. The molecule has 2 heteroatoms. The maximum Gasteiger partial charge on any atom is 0.239 e. The molecule has 0 N–H and O–H groups in total. The molecule has 0 aliphatic heterocycles. The molecule has 0 heterocycles. The van der Waals surface area contributed by atoms with Crippen molar-refractivity contribution in [1.29, 1.82) is 0 Å². The zero-order chi connectivity index (χ0) is 12.8. The van der Waals surface area contributed by atoms with Gasteiger partial charge in [-0.1, -0.05) is 67.1 Å². The van der Waals surface area contributed by atoms with Gasteiger partial charge in [-0.25, -0.2) is 0 Å². The van der Waals surface area contributed by atoms with Crippen molar-refractivity contribution < 1.29 is 4.43 Å². The normalized spacial score (nSPS) is 12.3. The van der Waals surface area contributed by atoms with Crippen LogP contribution >= 0.6 is 0 Å². The van der Waals surface area contributed by atoms with Gasteiger partial charge in [0.1, 0.15) is 0 Å². The molecule has 0 saturated heterocycles. The Labute approximate surface area is 111 Å². The third-order valence-electron chi connectivity index (χ3n) is 2.97. The summed E-state index contributed by atoms with van der Waals surface area (Å²) in [6.07, 6.45) is 1.07. The Hall–Kier alpha value is -1.38. The molecule has 0 fully saturated rings. The van der Waals surface area contributed by atoms with Gasteiger partial charge in [0.2, 0.25) is 9.04 Å². The third-order valence-corrected chi connectivity index (χ3v) is 5.52. The van der Waals surface area contributed by atoms with Crippen molar-refractivity contribution in [3.8, 4) is 0 Å². The highest BCUT2D eigenvalue weighted by Crippen LogP contribution is 1.98. The average molecular weight is 256 g/mol. The molecule has 0 radical (unpaired) electrons. The molecule has 18 heavy (non-hydrogen) atoms. The van der Waals surface area contributed by atoms with Gasteiger partial charge in [0.05, 0.1) is 0 Å². The number of benzene rings is 2. The van der Waals surface area contributed by atoms with E-state index in [1.165, 1.54) is 15.9 Å². The maximum atomic E-state index is 6.14. The SMILES string of the molecule is CCCO[SiH](c1ccccc1)c1ccc(C)cc1. The van der Waals surface area contributed by atoms with Gasteiger partial charge in [-0.15, -0.1) is 0 Å². The summed E-state index contributed by atoms with van der Waals surface area (Å²) in [5.74, 6) is 0. The minimum atomic E-state index is -1.49. The van der Waals surface area contributed by atoms with Crippen LogP contribution in [-0.2, 0) is 4.43 Å². The Morgan fingerprint density at radius 3 is 2.11 bits per heavy atom. The smallest absolute Gasteiger partial charge is 0.239 e. The fourth-order valence-electron chi connectivity index (χ4n) is 1.99. The molecular formula is C16H20OSi. The molecule has 94 valence electrons. The summed E-state index contributed by atoms with van der Waals surface area (Å²) in [5.41, 5.74) is 1.30. The standard InChI is InChI=1S/C16H20OSi/c1-3-13-17-18(15-7-5-4-6-8-15)16-11-9-14(2)10-12-16/h4-12,18H,3,13H2,1-2H3. The predicted octanol–water partition coefficient (Wildman–Crippen LogP) is 2.26. The van der Waals surface area contributed by atoms with Gasteiger partial charge in [-0.05, 0) is 23.7 Å². The lowest BCUT2D eigenvalue weighted by Crippen LogP contribution is -2.45. The molecular weight excluding hydrogens is 236 g/mol. The first-order valence-electron chi connectivity index (χ1n) is 6.54. The second-order valence-electron chi connectivity index (χ2n) is 4.57. The summed E-state index contributed by atoms with van der Waals surface area (Å²) in [7, 11) is -1.49. The average Bonchev–Trinajstić information content (AvgIpc) is 2.42. The van der Waals surface area contributed by atoms with Crippen LogP contribution in [0.2, 0.25) is 0 Å². The molecule has 1 unspecified atom stereocenters. The largest absolute Gasteiger partial charge is 0.411 e. The minimum Gasteiger partial charge on any atom is -0.411 e. The van der Waals surface area contributed by atoms with Gasteiger partial charge >= 0.3 is 0 Å². The van der Waals surface area contributed by atoms with Crippen molar-refractivity contribution >= 4 is 19.4 Å². The predicted molar refractivity (Wildman–Crippen MR) is 80.3 cm³/mol. The highest BCUT2D eigenvalue weighted by Gasteiger charge is 2.16. The van der Waals surface area contributed by atoms with Crippen LogP contribution in [0.3, 0.4) is 0 Å². The van der Waals surface area contributed by atoms with Crippen LogP contribution in [0.1, 0.15) is 18.9 Å². The van der Waals surface area contributed by atoms with Crippen molar-refractivity contribution in [1.82, 2.24) is 0 Å². The second kappa shape index (κ2) is 6.52. The molecule has 0 spiro atoms. The van der Waals surface area contributed by atoms with Crippen molar-refractivity contribution in [2.45, 2.75) is 20.3 Å². The van der Waals surface area contributed by atoms with Crippen LogP contribution in [0.15, 0.2) is 54.6 Å². The Morgan fingerprint density at radius 1 is 0.889 bits per heavy atom. The third kappa shape index (κ3) is 3.31. The molecule has 0 aromatic heterocycles. The van der Waals surface area contributed by atoms with Gasteiger partial charge in [-0.2, -0.15) is 0 Å². The first kappa shape index (κ1) is 13.1. The van der Waals surface area contributed by atoms with Crippen molar-refractivity contribution in [2.75, 3.05) is 6.61 Å². The Morgan fingerprint density at radius 2 is 1.50 bits per heavy atom. The molecule has 2 aromatic carbocycles. The molecule has 0 bridgehead atoms. The van der Waals surface area contributed by atoms with Crippen molar-refractivity contribution in [3.05, 3.63) is 60.2 Å². The van der Waals surface area contributed by atoms with Crippen LogP contribution in [-0.4, -0.2) is 15.6 Å². The van der Waals surface area contributed by atoms with Crippen LogP contribution in [0, 0.1) is 6.92 Å². The van der Waals surface area contributed by atoms with Crippen LogP contribution < -0.4 is 10.4 Å². The quantitative estimate of drug-likeness (QED) is 0.746. The summed E-state index contributed by atoms with van der Waals surface area (Å²) >= 11 is 0. The van der Waals surface area contributed by atoms with E-state index >= 15 is 0 Å². The second-order valence-corrected chi connectivity index (χ2v) is 7.00. The van der Waals surface area contributed by atoms with E-state index in [-0.39, 0.29) is 0 Å². The fourth-order valence-corrected chi connectivity index (χ4v) is 4.34. The Balaban J connectivity index is 2.27. The molecule has 2 aromatic rings. The molecule has 0 aliphatic rings. The van der Waals surface area contributed by atoms with E-state index in [0.717, 1.165) is 13.0 Å². The molecule has 0 saturated carbocycles. The maximum absolute atomic E-state index is 6.14. The van der Waals surface area contributed by atoms with Gasteiger partial charge in [-0.3, -0.25) is 0 Å². The van der Waals surface area contributed by atoms with Crippen molar-refractivity contribution in [2.24, 2.45) is 0 Å². The van der Waals surface area contributed by atoms with E-state index in [9.17, 15) is 0 Å². The van der Waals surface area contributed by atoms with E-state index in [1.807, 2.05) is 0 Å². The monoisotopic (exact) mass is 256 g/mol. The lowest BCUT2D eigenvalue weighted by molar-refractivity contribution is 0.333. The van der Waals surface area contributed by atoms with Crippen LogP contribution in [0.5, 0.6) is 0 Å². The first-order valence-corrected chi connectivity index (χ1v) is 8.17. The van der Waals surface area contributed by atoms with Crippen LogP contribution in [0.4, 0.5) is 0 Å². The van der Waals surface area contributed by atoms with E-state index in [1.54, 1.807) is 0 Å². The molecule has 1 nitrogen and oxygen atoms in total. The van der Waals surface area contributed by atoms with Gasteiger partial charge < -0.3 is 4.43 Å². The summed E-state index contributed by atoms with van der Waals surface area (Å²) in [6, 6.07) is 19.4. The number of aryl methyl sites for hydroxylation is 1. The molecule has 0 amide bonds. The van der Waals surface area contributed by atoms with Gasteiger partial charge in [0.25, 0.3) is 0 Å². The topological polar surface area (TPSA) is 9.23 Å². The van der Waals surface area contributed by atoms with E-state index in [0.29, 0.717) is 0 Å². The van der Waals surface area contributed by atoms with Gasteiger partial charge in [0, 0.05) is 6.61 Å². The van der Waals surface area contributed by atoms with Gasteiger partial charge in [0.15, 0.2) is 0 Å². The number of rotatable bonds is 5. The fraction of sp³-hybridized carbons (Fsp3) is 0.250. The lowest BCUT2D eigenvalue weighted by Gasteiger charge is -2.17. The minimum absolute atomic E-state index is 0.847. The zero-order valence-corrected chi connectivity index (χ0v) is 12.3.